The van der Waals surface area contributed by atoms with Gasteiger partial charge in [0, 0.05) is 24.9 Å². The maximum atomic E-state index is 13.6. The molecular weight excluding hydrogens is 444 g/mol. The molecule has 3 saturated heterocycles. The molecule has 11 heteroatoms. The highest BCUT2D eigenvalue weighted by Crippen LogP contribution is 2.71. The molecule has 176 valence electrons. The van der Waals surface area contributed by atoms with Gasteiger partial charge < -0.3 is 20.6 Å². The van der Waals surface area contributed by atoms with Crippen LogP contribution in [0, 0.1) is 11.8 Å². The fourth-order valence-corrected chi connectivity index (χ4v) is 8.40. The van der Waals surface area contributed by atoms with Crippen molar-refractivity contribution in [2.45, 2.75) is 48.4 Å². The second-order valence-corrected chi connectivity index (χ2v) is 11.1. The molecule has 1 spiro atoms. The van der Waals surface area contributed by atoms with Crippen LogP contribution in [0.1, 0.15) is 26.2 Å². The number of fused-ring (bicyclic) bond motifs is 2. The van der Waals surface area contributed by atoms with Crippen LogP contribution < -0.4 is 10.6 Å². The zero-order valence-electron chi connectivity index (χ0n) is 18.7. The highest BCUT2D eigenvalue weighted by Gasteiger charge is 2.76. The number of nitrogens with zero attached hydrogens (tertiary/aromatic N) is 4. The SMILES string of the molecule is CNC(=O)[C@H]1[C@H]2C(=O)N(CCCO)C(C(=O)NCn3nnc4ccccc43)C23CC[C@]1(C)S3. The van der Waals surface area contributed by atoms with E-state index in [1.54, 1.807) is 28.4 Å². The fourth-order valence-electron chi connectivity index (χ4n) is 6.05. The number of rotatable bonds is 7. The van der Waals surface area contributed by atoms with Gasteiger partial charge in [-0.2, -0.15) is 0 Å². The lowest BCUT2D eigenvalue weighted by atomic mass is 9.66. The van der Waals surface area contributed by atoms with Gasteiger partial charge in [0.15, 0.2) is 0 Å². The molecule has 2 aromatic rings. The summed E-state index contributed by atoms with van der Waals surface area (Å²) in [6.07, 6.45) is 1.83. The standard InChI is InChI=1S/C22H28N6O4S/c1-21-8-9-22(33-21)16(15(21)18(30)23-2)20(32)27(10-5-11-29)17(22)19(31)24-12-28-14-7-4-3-6-13(14)25-26-28/h3-4,6-7,15-17,29H,5,8-12H2,1-2H3,(H,23,30)(H,24,31)/t15-,16+,17?,21+,22?/m1/s1. The quantitative estimate of drug-likeness (QED) is 0.522. The van der Waals surface area contributed by atoms with Crippen LogP contribution in [0.3, 0.4) is 0 Å². The lowest BCUT2D eigenvalue weighted by molar-refractivity contribution is -0.140. The summed E-state index contributed by atoms with van der Waals surface area (Å²) in [5.74, 6) is -1.62. The Morgan fingerprint density at radius 2 is 2.06 bits per heavy atom. The van der Waals surface area contributed by atoms with Crippen LogP contribution in [-0.4, -0.2) is 78.5 Å². The zero-order chi connectivity index (χ0) is 23.4. The number of aromatic nitrogens is 3. The third kappa shape index (κ3) is 3.16. The van der Waals surface area contributed by atoms with E-state index in [4.69, 9.17) is 0 Å². The highest BCUT2D eigenvalue weighted by molar-refractivity contribution is 8.02. The van der Waals surface area contributed by atoms with Crippen LogP contribution in [0.4, 0.5) is 0 Å². The Bertz CT molecular complexity index is 1120. The Labute approximate surface area is 195 Å². The molecule has 5 rings (SSSR count). The minimum atomic E-state index is -0.710. The summed E-state index contributed by atoms with van der Waals surface area (Å²) in [4.78, 5) is 41.7. The van der Waals surface area contributed by atoms with Crippen LogP contribution in [0.15, 0.2) is 24.3 Å². The molecule has 0 aliphatic carbocycles. The molecule has 3 N–H and O–H groups in total. The van der Waals surface area contributed by atoms with Gasteiger partial charge in [0.05, 0.1) is 22.1 Å². The summed E-state index contributed by atoms with van der Waals surface area (Å²) in [6.45, 7) is 2.35. The molecule has 2 unspecified atom stereocenters. The number of para-hydroxylation sites is 1. The van der Waals surface area contributed by atoms with Gasteiger partial charge in [-0.05, 0) is 38.3 Å². The summed E-state index contributed by atoms with van der Waals surface area (Å²) in [5, 5.41) is 23.3. The molecule has 2 bridgehead atoms. The molecule has 3 amide bonds. The first-order valence-electron chi connectivity index (χ1n) is 11.3. The van der Waals surface area contributed by atoms with Crippen molar-refractivity contribution >= 4 is 40.5 Å². The second kappa shape index (κ2) is 7.98. The van der Waals surface area contributed by atoms with Crippen molar-refractivity contribution in [2.24, 2.45) is 11.8 Å². The van der Waals surface area contributed by atoms with Crippen molar-refractivity contribution < 1.29 is 19.5 Å². The van der Waals surface area contributed by atoms with Crippen molar-refractivity contribution in [3.8, 4) is 0 Å². The largest absolute Gasteiger partial charge is 0.396 e. The number of aliphatic hydroxyl groups excluding tert-OH is 1. The van der Waals surface area contributed by atoms with Gasteiger partial charge in [0.1, 0.15) is 18.2 Å². The Morgan fingerprint density at radius 1 is 1.27 bits per heavy atom. The maximum absolute atomic E-state index is 13.6. The topological polar surface area (TPSA) is 129 Å². The third-order valence-corrected chi connectivity index (χ3v) is 9.42. The predicted octanol–water partition coefficient (Wildman–Crippen LogP) is 0.115. The molecule has 33 heavy (non-hydrogen) atoms. The summed E-state index contributed by atoms with van der Waals surface area (Å²) < 4.78 is 0.572. The van der Waals surface area contributed by atoms with Gasteiger partial charge in [0.25, 0.3) is 0 Å². The summed E-state index contributed by atoms with van der Waals surface area (Å²) in [5.41, 5.74) is 1.54. The zero-order valence-corrected chi connectivity index (χ0v) is 19.5. The number of amides is 3. The van der Waals surface area contributed by atoms with E-state index in [2.05, 4.69) is 20.9 Å². The number of hydrogen-bond acceptors (Lipinski definition) is 7. The third-order valence-electron chi connectivity index (χ3n) is 7.43. The number of benzene rings is 1. The summed E-state index contributed by atoms with van der Waals surface area (Å²) >= 11 is 1.63. The Hall–Kier alpha value is -2.66. The van der Waals surface area contributed by atoms with Crippen LogP contribution in [0.25, 0.3) is 11.0 Å². The Balaban J connectivity index is 1.46. The van der Waals surface area contributed by atoms with Crippen LogP contribution >= 0.6 is 11.8 Å². The van der Waals surface area contributed by atoms with E-state index in [0.29, 0.717) is 12.8 Å². The molecule has 10 nitrogen and oxygen atoms in total. The smallest absolute Gasteiger partial charge is 0.245 e. The average molecular weight is 473 g/mol. The molecule has 3 fully saturated rings. The van der Waals surface area contributed by atoms with Gasteiger partial charge in [-0.25, -0.2) is 4.68 Å². The lowest BCUT2D eigenvalue weighted by Gasteiger charge is -2.34. The van der Waals surface area contributed by atoms with Crippen molar-refractivity contribution in [1.82, 2.24) is 30.5 Å². The molecule has 5 atom stereocenters. The van der Waals surface area contributed by atoms with Crippen molar-refractivity contribution in [3.05, 3.63) is 24.3 Å². The molecular formula is C22H28N6O4S. The summed E-state index contributed by atoms with van der Waals surface area (Å²) in [7, 11) is 1.59. The maximum Gasteiger partial charge on any atom is 0.245 e. The minimum Gasteiger partial charge on any atom is -0.396 e. The van der Waals surface area contributed by atoms with Gasteiger partial charge >= 0.3 is 0 Å². The average Bonchev–Trinajstić information content (AvgIpc) is 3.51. The highest BCUT2D eigenvalue weighted by atomic mass is 32.2. The number of hydrogen-bond donors (Lipinski definition) is 3. The van der Waals surface area contributed by atoms with Gasteiger partial charge in [-0.15, -0.1) is 16.9 Å². The molecule has 0 radical (unpaired) electrons. The van der Waals surface area contributed by atoms with Crippen molar-refractivity contribution in [3.63, 3.8) is 0 Å². The summed E-state index contributed by atoms with van der Waals surface area (Å²) in [6, 6.07) is 6.78. The minimum absolute atomic E-state index is 0.0789. The van der Waals surface area contributed by atoms with Crippen LogP contribution in [-0.2, 0) is 21.1 Å². The van der Waals surface area contributed by atoms with Crippen molar-refractivity contribution in [1.29, 1.82) is 0 Å². The second-order valence-electron chi connectivity index (χ2n) is 9.23. The van der Waals surface area contributed by atoms with Gasteiger partial charge in [-0.3, -0.25) is 14.4 Å². The van der Waals surface area contributed by atoms with Crippen molar-refractivity contribution in [2.75, 3.05) is 20.2 Å². The van der Waals surface area contributed by atoms with E-state index in [1.807, 2.05) is 31.2 Å². The number of carbonyl (C=O) groups is 3. The number of aliphatic hydroxyl groups is 1. The first-order chi connectivity index (χ1) is 15.9. The van der Waals surface area contributed by atoms with E-state index in [0.717, 1.165) is 17.5 Å². The number of likely N-dealkylation sites (tertiary alicyclic amines) is 1. The molecule has 3 aliphatic rings. The van der Waals surface area contributed by atoms with Gasteiger partial charge in [-0.1, -0.05) is 17.3 Å². The monoisotopic (exact) mass is 472 g/mol. The predicted molar refractivity (Wildman–Crippen MR) is 122 cm³/mol. The molecule has 3 aliphatic heterocycles. The number of carbonyl (C=O) groups excluding carboxylic acids is 3. The van der Waals surface area contributed by atoms with E-state index in [9.17, 15) is 19.5 Å². The number of thioether (sulfide) groups is 1. The molecule has 1 aromatic carbocycles. The van der Waals surface area contributed by atoms with E-state index in [1.165, 1.54) is 0 Å². The number of nitrogens with one attached hydrogen (secondary N) is 2. The fraction of sp³-hybridized carbons (Fsp3) is 0.591. The molecule has 4 heterocycles. The lowest BCUT2D eigenvalue weighted by Crippen LogP contribution is -2.54. The van der Waals surface area contributed by atoms with E-state index in [-0.39, 0.29) is 42.3 Å². The Kier molecular flexibility index (Phi) is 5.36. The van der Waals surface area contributed by atoms with Gasteiger partial charge in [0.2, 0.25) is 17.7 Å². The Morgan fingerprint density at radius 3 is 2.82 bits per heavy atom. The first kappa shape index (κ1) is 22.1. The van der Waals surface area contributed by atoms with Crippen LogP contribution in [0.5, 0.6) is 0 Å². The normalized spacial score (nSPS) is 32.4. The van der Waals surface area contributed by atoms with E-state index >= 15 is 0 Å². The first-order valence-corrected chi connectivity index (χ1v) is 12.1. The van der Waals surface area contributed by atoms with E-state index < -0.39 is 22.6 Å². The molecule has 1 aromatic heterocycles. The molecule has 0 saturated carbocycles. The van der Waals surface area contributed by atoms with Crippen LogP contribution in [0.2, 0.25) is 0 Å².